The standard InChI is InChI=1S/C17H25N7O/c18-13-3-5-14(6-4-13)24-11-16(21-22-24)17(25)23-9-1-2-12(10-23)15-7-8-19-20-15/h7-8,11-14H,1-6,9-10,18H2,(H,19,20). The van der Waals surface area contributed by atoms with Crippen molar-refractivity contribution < 1.29 is 4.79 Å². The third-order valence-electron chi connectivity index (χ3n) is 5.52. The summed E-state index contributed by atoms with van der Waals surface area (Å²) in [5, 5.41) is 15.4. The number of rotatable bonds is 3. The predicted octanol–water partition coefficient (Wildman–Crippen LogP) is 1.46. The molecule has 1 aliphatic carbocycles. The minimum atomic E-state index is -0.0250. The first-order chi connectivity index (χ1) is 12.2. The van der Waals surface area contributed by atoms with Crippen LogP contribution in [0.15, 0.2) is 18.5 Å². The summed E-state index contributed by atoms with van der Waals surface area (Å²) in [7, 11) is 0. The Balaban J connectivity index is 1.42. The van der Waals surface area contributed by atoms with Crippen molar-refractivity contribution in [2.24, 2.45) is 5.73 Å². The lowest BCUT2D eigenvalue weighted by molar-refractivity contribution is 0.0699. The molecule has 2 aliphatic rings. The summed E-state index contributed by atoms with van der Waals surface area (Å²) >= 11 is 0. The Hall–Kier alpha value is -2.22. The fourth-order valence-electron chi connectivity index (χ4n) is 3.99. The fourth-order valence-corrected chi connectivity index (χ4v) is 3.99. The van der Waals surface area contributed by atoms with E-state index in [-0.39, 0.29) is 5.91 Å². The summed E-state index contributed by atoms with van der Waals surface area (Å²) in [6.45, 7) is 1.47. The van der Waals surface area contributed by atoms with E-state index in [0.717, 1.165) is 50.8 Å². The molecule has 0 aromatic carbocycles. The molecule has 1 amide bonds. The molecule has 2 aromatic heterocycles. The van der Waals surface area contributed by atoms with Gasteiger partial charge in [0.25, 0.3) is 5.91 Å². The average Bonchev–Trinajstić information content (AvgIpc) is 3.34. The Morgan fingerprint density at radius 2 is 2.08 bits per heavy atom. The van der Waals surface area contributed by atoms with E-state index in [4.69, 9.17) is 5.73 Å². The third-order valence-corrected chi connectivity index (χ3v) is 5.52. The van der Waals surface area contributed by atoms with E-state index in [1.807, 2.05) is 21.8 Å². The summed E-state index contributed by atoms with van der Waals surface area (Å²) in [4.78, 5) is 14.7. The zero-order valence-corrected chi connectivity index (χ0v) is 14.3. The number of aromatic nitrogens is 5. The van der Waals surface area contributed by atoms with Crippen LogP contribution in [-0.4, -0.2) is 55.1 Å². The monoisotopic (exact) mass is 343 g/mol. The van der Waals surface area contributed by atoms with Crippen LogP contribution in [0.1, 0.15) is 66.7 Å². The van der Waals surface area contributed by atoms with E-state index in [1.165, 1.54) is 0 Å². The molecule has 0 bridgehead atoms. The number of nitrogens with two attached hydrogens (primary N) is 1. The van der Waals surface area contributed by atoms with E-state index < -0.39 is 0 Å². The van der Waals surface area contributed by atoms with Gasteiger partial charge in [-0.3, -0.25) is 9.89 Å². The second kappa shape index (κ2) is 6.95. The normalized spacial score (nSPS) is 27.4. The first-order valence-corrected chi connectivity index (χ1v) is 9.16. The van der Waals surface area contributed by atoms with Gasteiger partial charge in [-0.25, -0.2) is 4.68 Å². The number of hydrogen-bond donors (Lipinski definition) is 2. The van der Waals surface area contributed by atoms with Crippen molar-refractivity contribution in [3.05, 3.63) is 29.8 Å². The van der Waals surface area contributed by atoms with Gasteiger partial charge in [0.05, 0.1) is 12.2 Å². The van der Waals surface area contributed by atoms with Gasteiger partial charge in [-0.2, -0.15) is 5.10 Å². The molecule has 1 unspecified atom stereocenters. The Bertz CT molecular complexity index is 702. The summed E-state index contributed by atoms with van der Waals surface area (Å²) in [5.41, 5.74) is 7.51. The van der Waals surface area contributed by atoms with Crippen molar-refractivity contribution in [3.63, 3.8) is 0 Å². The van der Waals surface area contributed by atoms with Crippen LogP contribution < -0.4 is 5.73 Å². The first-order valence-electron chi connectivity index (χ1n) is 9.16. The van der Waals surface area contributed by atoms with E-state index in [1.54, 1.807) is 6.20 Å². The zero-order valence-electron chi connectivity index (χ0n) is 14.3. The van der Waals surface area contributed by atoms with E-state index in [0.29, 0.717) is 30.2 Å². The molecule has 25 heavy (non-hydrogen) atoms. The van der Waals surface area contributed by atoms with Crippen molar-refractivity contribution >= 4 is 5.91 Å². The first kappa shape index (κ1) is 16.3. The minimum Gasteiger partial charge on any atom is -0.337 e. The number of piperidine rings is 1. The average molecular weight is 343 g/mol. The molecule has 0 radical (unpaired) electrons. The van der Waals surface area contributed by atoms with E-state index >= 15 is 0 Å². The molecule has 1 aliphatic heterocycles. The van der Waals surface area contributed by atoms with Crippen molar-refractivity contribution in [2.75, 3.05) is 13.1 Å². The SMILES string of the molecule is NC1CCC(n2cc(C(=O)N3CCCC(c4ccn[nH]4)C3)nn2)CC1. The van der Waals surface area contributed by atoms with Crippen LogP contribution in [0.2, 0.25) is 0 Å². The number of likely N-dealkylation sites (tertiary alicyclic amines) is 1. The van der Waals surface area contributed by atoms with Crippen molar-refractivity contribution in [3.8, 4) is 0 Å². The Labute approximate surface area is 146 Å². The lowest BCUT2D eigenvalue weighted by Gasteiger charge is -2.31. The number of aromatic amines is 1. The van der Waals surface area contributed by atoms with Gasteiger partial charge in [-0.1, -0.05) is 5.21 Å². The van der Waals surface area contributed by atoms with Gasteiger partial charge in [0.1, 0.15) is 0 Å². The summed E-state index contributed by atoms with van der Waals surface area (Å²) < 4.78 is 1.86. The van der Waals surface area contributed by atoms with Gasteiger partial charge in [0, 0.05) is 36.9 Å². The number of carbonyl (C=O) groups is 1. The van der Waals surface area contributed by atoms with Crippen molar-refractivity contribution in [2.45, 2.75) is 56.5 Å². The van der Waals surface area contributed by atoms with Crippen LogP contribution in [0, 0.1) is 0 Å². The topological polar surface area (TPSA) is 106 Å². The largest absolute Gasteiger partial charge is 0.337 e. The molecule has 2 aromatic rings. The molecule has 8 heteroatoms. The highest BCUT2D eigenvalue weighted by Crippen LogP contribution is 2.28. The molecule has 0 spiro atoms. The molecule has 8 nitrogen and oxygen atoms in total. The molecule has 3 N–H and O–H groups in total. The highest BCUT2D eigenvalue weighted by molar-refractivity contribution is 5.92. The van der Waals surface area contributed by atoms with Crippen molar-refractivity contribution in [1.29, 1.82) is 0 Å². The van der Waals surface area contributed by atoms with Crippen LogP contribution in [0.4, 0.5) is 0 Å². The number of nitrogens with zero attached hydrogens (tertiary/aromatic N) is 5. The lowest BCUT2D eigenvalue weighted by Crippen LogP contribution is -2.39. The molecule has 1 saturated heterocycles. The number of carbonyl (C=O) groups excluding carboxylic acids is 1. The Morgan fingerprint density at radius 3 is 2.84 bits per heavy atom. The van der Waals surface area contributed by atoms with Crippen LogP contribution in [-0.2, 0) is 0 Å². The molecular formula is C17H25N7O. The van der Waals surface area contributed by atoms with Gasteiger partial charge in [0.2, 0.25) is 0 Å². The highest BCUT2D eigenvalue weighted by atomic mass is 16.2. The molecule has 3 heterocycles. The van der Waals surface area contributed by atoms with Crippen LogP contribution in [0.25, 0.3) is 0 Å². The fraction of sp³-hybridized carbons (Fsp3) is 0.647. The lowest BCUT2D eigenvalue weighted by atomic mass is 9.92. The Morgan fingerprint density at radius 1 is 1.24 bits per heavy atom. The molecule has 4 rings (SSSR count). The van der Waals surface area contributed by atoms with Crippen LogP contribution >= 0.6 is 0 Å². The maximum absolute atomic E-state index is 12.8. The van der Waals surface area contributed by atoms with Gasteiger partial charge in [0.15, 0.2) is 5.69 Å². The number of H-pyrrole nitrogens is 1. The highest BCUT2D eigenvalue weighted by Gasteiger charge is 2.28. The van der Waals surface area contributed by atoms with Gasteiger partial charge < -0.3 is 10.6 Å². The summed E-state index contributed by atoms with van der Waals surface area (Å²) in [6.07, 6.45) is 9.65. The summed E-state index contributed by atoms with van der Waals surface area (Å²) in [5.74, 6) is 0.290. The third kappa shape index (κ3) is 3.44. The predicted molar refractivity (Wildman–Crippen MR) is 92.0 cm³/mol. The second-order valence-electron chi connectivity index (χ2n) is 7.25. The molecule has 1 saturated carbocycles. The van der Waals surface area contributed by atoms with Gasteiger partial charge in [-0.15, -0.1) is 5.10 Å². The second-order valence-corrected chi connectivity index (χ2v) is 7.25. The molecule has 2 fully saturated rings. The maximum Gasteiger partial charge on any atom is 0.276 e. The summed E-state index contributed by atoms with van der Waals surface area (Å²) in [6, 6.07) is 2.60. The smallest absolute Gasteiger partial charge is 0.276 e. The van der Waals surface area contributed by atoms with Crippen molar-refractivity contribution in [1.82, 2.24) is 30.1 Å². The molecular weight excluding hydrogens is 318 g/mol. The molecule has 1 atom stereocenters. The van der Waals surface area contributed by atoms with Gasteiger partial charge in [-0.05, 0) is 44.6 Å². The van der Waals surface area contributed by atoms with Gasteiger partial charge >= 0.3 is 0 Å². The number of hydrogen-bond acceptors (Lipinski definition) is 5. The maximum atomic E-state index is 12.8. The quantitative estimate of drug-likeness (QED) is 0.878. The van der Waals surface area contributed by atoms with E-state index in [9.17, 15) is 4.79 Å². The Kier molecular flexibility index (Phi) is 4.52. The van der Waals surface area contributed by atoms with E-state index in [2.05, 4.69) is 20.5 Å². The minimum absolute atomic E-state index is 0.0250. The number of nitrogens with one attached hydrogen (secondary N) is 1. The zero-order chi connectivity index (χ0) is 17.2. The van der Waals surface area contributed by atoms with Crippen LogP contribution in [0.3, 0.4) is 0 Å². The van der Waals surface area contributed by atoms with Crippen LogP contribution in [0.5, 0.6) is 0 Å². The molecule has 134 valence electrons. The number of amides is 1.